The first-order valence-corrected chi connectivity index (χ1v) is 11.8. The molecular formula is C9H21ClGeN2O3S. The van der Waals surface area contributed by atoms with E-state index in [0.717, 1.165) is 39.5 Å². The van der Waals surface area contributed by atoms with Gasteiger partial charge in [-0.05, 0) is 0 Å². The van der Waals surface area contributed by atoms with Crippen LogP contribution in [0.25, 0.3) is 0 Å². The normalized spacial score (nSPS) is 35.3. The Bertz CT molecular complexity index is 214. The Kier molecular flexibility index (Phi) is 7.12. The number of rotatable bonds is 3. The van der Waals surface area contributed by atoms with Gasteiger partial charge in [0.05, 0.1) is 0 Å². The van der Waals surface area contributed by atoms with E-state index in [9.17, 15) is 0 Å². The fourth-order valence-electron chi connectivity index (χ4n) is 1.76. The van der Waals surface area contributed by atoms with Crippen LogP contribution in [0.3, 0.4) is 0 Å². The Morgan fingerprint density at radius 2 is 1.65 bits per heavy atom. The molecule has 0 radical (unpaired) electrons. The summed E-state index contributed by atoms with van der Waals surface area (Å²) in [4.78, 5) is 2.32. The van der Waals surface area contributed by atoms with E-state index in [4.69, 9.17) is 17.0 Å². The summed E-state index contributed by atoms with van der Waals surface area (Å²) in [6.45, 7) is 7.91. The van der Waals surface area contributed by atoms with Crippen LogP contribution in [0.2, 0.25) is 0 Å². The molecule has 3 saturated heterocycles. The van der Waals surface area contributed by atoms with Crippen LogP contribution >= 0.6 is 22.5 Å². The summed E-state index contributed by atoms with van der Waals surface area (Å²) in [6.07, 6.45) is 0. The Hall–Kier alpha value is 0.983. The predicted molar refractivity (Wildman–Crippen MR) is 73.4 cm³/mol. The fourth-order valence-corrected chi connectivity index (χ4v) is 11.5. The molecule has 1 unspecified atom stereocenters. The molecule has 2 bridgehead atoms. The van der Waals surface area contributed by atoms with Crippen molar-refractivity contribution in [2.75, 3.05) is 46.0 Å². The van der Waals surface area contributed by atoms with E-state index >= 15 is 0 Å². The van der Waals surface area contributed by atoms with Crippen molar-refractivity contribution in [3.63, 3.8) is 0 Å². The molecule has 17 heavy (non-hydrogen) atoms. The van der Waals surface area contributed by atoms with Gasteiger partial charge in [-0.25, -0.2) is 0 Å². The molecule has 0 amide bonds. The van der Waals surface area contributed by atoms with Crippen LogP contribution < -0.4 is 5.73 Å². The average Bonchev–Trinajstić information content (AvgIpc) is 2.19. The minimum atomic E-state index is -3.05. The Labute approximate surface area is 116 Å². The van der Waals surface area contributed by atoms with Gasteiger partial charge >= 0.3 is 103 Å². The molecule has 3 fully saturated rings. The fraction of sp³-hybridized carbons (Fsp3) is 1.00. The topological polar surface area (TPSA) is 57.0 Å². The van der Waals surface area contributed by atoms with Gasteiger partial charge in [0, 0.05) is 0 Å². The van der Waals surface area contributed by atoms with E-state index in [1.165, 1.54) is 0 Å². The molecule has 1 atom stereocenters. The molecule has 5 nitrogen and oxygen atoms in total. The van der Waals surface area contributed by atoms with E-state index in [1.54, 1.807) is 10.1 Å². The molecule has 3 aliphatic heterocycles. The van der Waals surface area contributed by atoms with E-state index in [-0.39, 0.29) is 12.4 Å². The number of hydrogen-bond acceptors (Lipinski definition) is 6. The number of fused-ring (bicyclic) bond motifs is 6. The van der Waals surface area contributed by atoms with Gasteiger partial charge in [0.2, 0.25) is 0 Å². The van der Waals surface area contributed by atoms with Crippen molar-refractivity contribution in [1.82, 2.24) is 4.90 Å². The third kappa shape index (κ3) is 4.54. The maximum absolute atomic E-state index is 5.92. The minimum absolute atomic E-state index is 0. The van der Waals surface area contributed by atoms with Crippen molar-refractivity contribution < 1.29 is 11.3 Å². The Morgan fingerprint density at radius 3 is 2.06 bits per heavy atom. The third-order valence-corrected chi connectivity index (χ3v) is 13.3. The number of nitrogens with two attached hydrogens (primary N) is 1. The van der Waals surface area contributed by atoms with E-state index in [1.807, 2.05) is 0 Å². The van der Waals surface area contributed by atoms with Crippen LogP contribution in [0.1, 0.15) is 6.92 Å². The first-order chi connectivity index (χ1) is 7.74. The quantitative estimate of drug-likeness (QED) is 0.743. The molecule has 102 valence electrons. The SMILES string of the molecule is CC(CN)[S][Ge]12[O]CCN(CC[O]1)CC[O]2.Cl. The van der Waals surface area contributed by atoms with Crippen LogP contribution in [-0.2, 0) is 11.3 Å². The second kappa shape index (κ2) is 7.54. The molecule has 8 heteroatoms. The summed E-state index contributed by atoms with van der Waals surface area (Å²) >= 11 is -3.05. The van der Waals surface area contributed by atoms with Crippen molar-refractivity contribution >= 4 is 35.6 Å². The minimum Gasteiger partial charge on any atom is -0.147 e. The van der Waals surface area contributed by atoms with Crippen LogP contribution in [0.5, 0.6) is 0 Å². The van der Waals surface area contributed by atoms with Crippen LogP contribution in [0.4, 0.5) is 0 Å². The van der Waals surface area contributed by atoms with Crippen LogP contribution in [0.15, 0.2) is 0 Å². The molecule has 3 rings (SSSR count). The van der Waals surface area contributed by atoms with Crippen molar-refractivity contribution in [3.8, 4) is 0 Å². The van der Waals surface area contributed by atoms with Crippen molar-refractivity contribution in [1.29, 1.82) is 0 Å². The largest absolute Gasteiger partial charge is 0.147 e. The zero-order valence-corrected chi connectivity index (χ0v) is 13.8. The first-order valence-electron chi connectivity index (χ1n) is 5.76. The molecular weight excluding hydrogens is 324 g/mol. The monoisotopic (exact) mass is 346 g/mol. The summed E-state index contributed by atoms with van der Waals surface area (Å²) in [5.74, 6) is 0. The van der Waals surface area contributed by atoms with E-state index in [0.29, 0.717) is 11.8 Å². The third-order valence-electron chi connectivity index (χ3n) is 2.74. The van der Waals surface area contributed by atoms with Gasteiger partial charge in [0.25, 0.3) is 0 Å². The van der Waals surface area contributed by atoms with E-state index in [2.05, 4.69) is 11.8 Å². The van der Waals surface area contributed by atoms with Gasteiger partial charge in [-0.1, -0.05) is 0 Å². The summed E-state index contributed by atoms with van der Waals surface area (Å²) in [5, 5.41) is 0.343. The molecule has 3 aliphatic rings. The van der Waals surface area contributed by atoms with Gasteiger partial charge in [0.15, 0.2) is 0 Å². The maximum atomic E-state index is 5.92. The van der Waals surface area contributed by atoms with Crippen molar-refractivity contribution in [2.24, 2.45) is 5.73 Å². The predicted octanol–water partition coefficient (Wildman–Crippen LogP) is 0.303. The number of halogens is 1. The van der Waals surface area contributed by atoms with Crippen molar-refractivity contribution in [3.05, 3.63) is 0 Å². The molecule has 0 aliphatic carbocycles. The molecule has 0 aromatic rings. The summed E-state index contributed by atoms with van der Waals surface area (Å²) in [5.41, 5.74) is 5.66. The maximum Gasteiger partial charge on any atom is -0.147 e. The van der Waals surface area contributed by atoms with Gasteiger partial charge < -0.3 is 0 Å². The Morgan fingerprint density at radius 1 is 1.18 bits per heavy atom. The number of nitrogens with zero attached hydrogens (tertiary/aromatic N) is 1. The van der Waals surface area contributed by atoms with Crippen molar-refractivity contribution in [2.45, 2.75) is 12.2 Å². The molecule has 3 heterocycles. The van der Waals surface area contributed by atoms with Crippen LogP contribution in [-0.4, -0.2) is 69.3 Å². The second-order valence-electron chi connectivity index (χ2n) is 4.05. The van der Waals surface area contributed by atoms with Crippen LogP contribution in [0, 0.1) is 0 Å². The Balaban J connectivity index is 0.00000144. The zero-order chi connectivity index (χ0) is 11.4. The molecule has 0 spiro atoms. The molecule has 0 saturated carbocycles. The van der Waals surface area contributed by atoms with E-state index < -0.39 is 13.1 Å². The van der Waals surface area contributed by atoms with Gasteiger partial charge in [-0.2, -0.15) is 0 Å². The zero-order valence-electron chi connectivity index (χ0n) is 10.1. The molecule has 2 N–H and O–H groups in total. The standard InChI is InChI=1S/C9H20GeN2O3S.ClH/c1-9(8-11)16-10-13-5-2-12(3-6-14-10)4-7-15-10;/h9H,2-8,11H2,1H3;1H. The smallest absolute Gasteiger partial charge is 0.147 e. The number of hydrogen-bond donors (Lipinski definition) is 1. The second-order valence-corrected chi connectivity index (χ2v) is 13.1. The summed E-state index contributed by atoms with van der Waals surface area (Å²) in [6, 6.07) is 0. The summed E-state index contributed by atoms with van der Waals surface area (Å²) in [7, 11) is 1.72. The van der Waals surface area contributed by atoms with Gasteiger partial charge in [-0.3, -0.25) is 0 Å². The summed E-state index contributed by atoms with van der Waals surface area (Å²) < 4.78 is 17.8. The average molecular weight is 345 g/mol. The molecule has 0 aromatic heterocycles. The van der Waals surface area contributed by atoms with Gasteiger partial charge in [0.1, 0.15) is 0 Å². The molecule has 0 aromatic carbocycles. The first kappa shape index (κ1) is 16.0. The van der Waals surface area contributed by atoms with Gasteiger partial charge in [-0.15, -0.1) is 12.4 Å².